The molecule has 0 heterocycles. The van der Waals surface area contributed by atoms with E-state index in [1.807, 2.05) is 0 Å². The third-order valence-corrected chi connectivity index (χ3v) is 19.9. The molecule has 0 aliphatic heterocycles. The van der Waals surface area contributed by atoms with E-state index < -0.39 is 37.5 Å². The molecule has 42 heavy (non-hydrogen) atoms. The first-order chi connectivity index (χ1) is 19.3. The summed E-state index contributed by atoms with van der Waals surface area (Å²) in [6.45, 7) is 27.9. The Kier molecular flexibility index (Phi) is 12.0. The van der Waals surface area contributed by atoms with Gasteiger partial charge in [-0.3, -0.25) is 0 Å². The first-order valence-electron chi connectivity index (χ1n) is 15.0. The molecule has 2 nitrogen and oxygen atoms in total. The van der Waals surface area contributed by atoms with Gasteiger partial charge in [0.25, 0.3) is 16.6 Å². The summed E-state index contributed by atoms with van der Waals surface area (Å²) in [4.78, 5) is 0. The minimum absolute atomic E-state index is 0.187. The number of hydrogen-bond donors (Lipinski definition) is 0. The summed E-state index contributed by atoms with van der Waals surface area (Å²) < 4.78 is 13.6. The van der Waals surface area contributed by atoms with Crippen molar-refractivity contribution >= 4 is 55.3 Å². The third-order valence-electron chi connectivity index (χ3n) is 9.83. The summed E-state index contributed by atoms with van der Waals surface area (Å²) in [5.74, 6) is 3.17. The maximum absolute atomic E-state index is 6.79. The number of allylic oxidation sites excluding steroid dienone is 2. The molecule has 0 bridgehead atoms. The molecule has 2 aromatic carbocycles. The summed E-state index contributed by atoms with van der Waals surface area (Å²) >= 11 is -0.826. The van der Waals surface area contributed by atoms with Crippen LogP contribution < -0.4 is 8.85 Å². The quantitative estimate of drug-likeness (QED) is 0.251. The second kappa shape index (κ2) is 14.0. The van der Waals surface area contributed by atoms with E-state index in [-0.39, 0.29) is 10.1 Å². The number of fused-ring (bicyclic) bond motifs is 2. The van der Waals surface area contributed by atoms with E-state index in [9.17, 15) is 0 Å². The molecule has 2 aliphatic rings. The molecule has 0 spiro atoms. The Labute approximate surface area is 279 Å². The van der Waals surface area contributed by atoms with Gasteiger partial charge in [0.1, 0.15) is 11.5 Å². The number of benzene rings is 2. The molecule has 0 aromatic heterocycles. The Morgan fingerprint density at radius 2 is 1.02 bits per heavy atom. The summed E-state index contributed by atoms with van der Waals surface area (Å²) in [5, 5.41) is 0.374. The van der Waals surface area contributed by atoms with Gasteiger partial charge in [-0.05, 0) is 73.4 Å². The Morgan fingerprint density at radius 3 is 1.33 bits per heavy atom. The topological polar surface area (TPSA) is 18.5 Å². The fourth-order valence-electron chi connectivity index (χ4n) is 5.13. The Balaban J connectivity index is 0.00000155. The molecule has 0 N–H and O–H groups in total. The van der Waals surface area contributed by atoms with Gasteiger partial charge in [0.05, 0.1) is 0 Å². The van der Waals surface area contributed by atoms with Crippen molar-refractivity contribution in [1.82, 2.24) is 0 Å². The van der Waals surface area contributed by atoms with E-state index in [4.69, 9.17) is 25.9 Å². The predicted octanol–water partition coefficient (Wildman–Crippen LogP) is 12.1. The molecule has 4 rings (SSSR count). The monoisotopic (exact) mass is 734 g/mol. The summed E-state index contributed by atoms with van der Waals surface area (Å²) in [5.41, 5.74) is 8.52. The molecular formula is C34H50Cl2O2Si3Zr. The van der Waals surface area contributed by atoms with Crippen LogP contribution >= 0.6 is 17.0 Å². The molecule has 0 fully saturated rings. The minimum atomic E-state index is -1.89. The van der Waals surface area contributed by atoms with Crippen LogP contribution in [0.2, 0.25) is 48.4 Å². The molecular weight excluding hydrogens is 687 g/mol. The zero-order valence-corrected chi connectivity index (χ0v) is 34.7. The molecule has 0 amide bonds. The molecule has 2 aliphatic carbocycles. The fraction of sp³-hybridized carbons (Fsp3) is 0.529. The van der Waals surface area contributed by atoms with Gasteiger partial charge in [-0.1, -0.05) is 101 Å². The van der Waals surface area contributed by atoms with Crippen LogP contribution in [0.4, 0.5) is 0 Å². The van der Waals surface area contributed by atoms with Crippen LogP contribution in [-0.2, 0) is 20.8 Å². The first-order valence-corrected chi connectivity index (χ1v) is 28.6. The number of rotatable bonds is 8. The van der Waals surface area contributed by atoms with E-state index in [1.165, 1.54) is 45.5 Å². The third kappa shape index (κ3) is 8.07. The zero-order valence-electron chi connectivity index (χ0n) is 27.8. The van der Waals surface area contributed by atoms with Crippen LogP contribution in [0.3, 0.4) is 0 Å². The molecule has 8 heteroatoms. The van der Waals surface area contributed by atoms with Gasteiger partial charge in [0.15, 0.2) is 0 Å². The van der Waals surface area contributed by atoms with Crippen LogP contribution in [0.5, 0.6) is 11.5 Å². The fourth-order valence-corrected chi connectivity index (χ4v) is 9.03. The standard InChI is InChI=1S/C34H50O2Si3.2ClH.Zr/c1-23-19-27-25(15-13-17-31(27)35-38(9,10)33(3,4)5)29(23)21-37-22-30-24(2)20-28-26(30)16-14-18-32(28)36-39(11,12)34(6,7)8;;;/h13-20,29-30H,21-22H2,1-12H3;2*1H;/q;;;+2/p-2. The molecule has 2 unspecified atom stereocenters. The van der Waals surface area contributed by atoms with Crippen molar-refractivity contribution in [2.24, 2.45) is 0 Å². The van der Waals surface area contributed by atoms with Gasteiger partial charge in [-0.15, -0.1) is 0 Å². The summed E-state index contributed by atoms with van der Waals surface area (Å²) in [7, 11) is 6.99. The summed E-state index contributed by atoms with van der Waals surface area (Å²) in [6.07, 6.45) is 4.79. The molecule has 2 atom stereocenters. The number of hydrogen-bond acceptors (Lipinski definition) is 2. The second-order valence-corrected chi connectivity index (χ2v) is 29.4. The van der Waals surface area contributed by atoms with Gasteiger partial charge >= 0.3 is 37.9 Å². The average Bonchev–Trinajstić information content (AvgIpc) is 3.35. The normalized spacial score (nSPS) is 18.3. The van der Waals surface area contributed by atoms with Crippen LogP contribution in [0.25, 0.3) is 12.2 Å². The van der Waals surface area contributed by atoms with Gasteiger partial charge < -0.3 is 8.85 Å². The summed E-state index contributed by atoms with van der Waals surface area (Å²) in [6, 6.07) is 15.8. The van der Waals surface area contributed by atoms with E-state index in [0.717, 1.165) is 21.0 Å². The number of halogens is 2. The van der Waals surface area contributed by atoms with E-state index in [2.05, 4.69) is 130 Å². The van der Waals surface area contributed by atoms with Crippen molar-refractivity contribution in [3.63, 3.8) is 0 Å². The van der Waals surface area contributed by atoms with Crippen LogP contribution in [0.1, 0.15) is 89.5 Å². The molecule has 2 radical (unpaired) electrons. The van der Waals surface area contributed by atoms with Crippen LogP contribution in [0, 0.1) is 0 Å². The van der Waals surface area contributed by atoms with Crippen LogP contribution in [-0.4, -0.2) is 26.2 Å². The second-order valence-electron chi connectivity index (χ2n) is 14.9. The van der Waals surface area contributed by atoms with Gasteiger partial charge in [-0.25, -0.2) is 0 Å². The first kappa shape index (κ1) is 36.1. The molecule has 0 saturated heterocycles. The van der Waals surface area contributed by atoms with E-state index in [1.54, 1.807) is 0 Å². The average molecular weight is 737 g/mol. The maximum atomic E-state index is 6.79. The van der Waals surface area contributed by atoms with E-state index >= 15 is 0 Å². The van der Waals surface area contributed by atoms with Crippen molar-refractivity contribution in [1.29, 1.82) is 0 Å². The van der Waals surface area contributed by atoms with Crippen molar-refractivity contribution in [3.05, 3.63) is 69.8 Å². The Bertz CT molecular complexity index is 1220. The van der Waals surface area contributed by atoms with Gasteiger partial charge in [0, 0.05) is 32.5 Å². The van der Waals surface area contributed by atoms with Crippen molar-refractivity contribution in [3.8, 4) is 11.5 Å². The van der Waals surface area contributed by atoms with E-state index in [0.29, 0.717) is 11.8 Å². The van der Waals surface area contributed by atoms with Gasteiger partial charge in [-0.2, -0.15) is 0 Å². The SMILES string of the molecule is CC1=Cc2c(O[Si](C)(C)C(C)(C)C)cccc2C1C[Si]CC1C(C)=Cc2c(O[Si](C)(C)C(C)(C)C)cccc21.[Cl][Zr][Cl]. The zero-order chi connectivity index (χ0) is 31.7. The van der Waals surface area contributed by atoms with Crippen molar-refractivity contribution in [2.75, 3.05) is 0 Å². The van der Waals surface area contributed by atoms with Crippen molar-refractivity contribution < 1.29 is 29.7 Å². The molecule has 228 valence electrons. The predicted molar refractivity (Wildman–Crippen MR) is 188 cm³/mol. The van der Waals surface area contributed by atoms with Gasteiger partial charge in [0.2, 0.25) is 0 Å². The molecule has 2 aromatic rings. The molecule has 0 saturated carbocycles. The Morgan fingerprint density at radius 1 is 0.690 bits per heavy atom. The van der Waals surface area contributed by atoms with Crippen LogP contribution in [0.15, 0.2) is 47.5 Å². The Hall–Kier alpha value is -0.366. The van der Waals surface area contributed by atoms with Crippen molar-refractivity contribution in [2.45, 2.75) is 116 Å².